The minimum Gasteiger partial charge on any atom is -0.445 e. The number of hydrogen-bond donors (Lipinski definition) is 3. The smallest absolute Gasteiger partial charge is 0.404 e. The molecule has 0 aliphatic heterocycles. The molecule has 8 heteroatoms. The number of aliphatic hydroxyl groups is 1. The van der Waals surface area contributed by atoms with Gasteiger partial charge in [-0.25, -0.2) is 14.8 Å². The number of nitrogen functional groups attached to an aromatic ring is 1. The summed E-state index contributed by atoms with van der Waals surface area (Å²) in [7, 11) is 0. The number of imidazole rings is 1. The molecule has 142 valence electrons. The molecule has 1 amide bonds. The van der Waals surface area contributed by atoms with Crippen LogP contribution in [0.25, 0.3) is 21.9 Å². The Morgan fingerprint density at radius 3 is 2.50 bits per heavy atom. The lowest BCUT2D eigenvalue weighted by Crippen LogP contribution is -2.12. The van der Waals surface area contributed by atoms with Gasteiger partial charge < -0.3 is 25.9 Å². The molecule has 28 heavy (non-hydrogen) atoms. The lowest BCUT2D eigenvalue weighted by Gasteiger charge is -2.11. The number of nitrogens with two attached hydrogens (primary N) is 2. The van der Waals surface area contributed by atoms with Crippen LogP contribution in [0.4, 0.5) is 10.6 Å². The van der Waals surface area contributed by atoms with E-state index in [1.165, 1.54) is 0 Å². The standard InChI is InChI=1S/C20H19N5O3/c21-19-17-18(14-3-1-2-4-15(14)23-19)25(16(10-26)24-17)9-12-5-7-13(8-6-12)11-28-20(22)27/h1-8,26H,9-11H2,(H2,21,23)(H2,22,27). The van der Waals surface area contributed by atoms with E-state index in [2.05, 4.69) is 9.97 Å². The van der Waals surface area contributed by atoms with Crippen molar-refractivity contribution in [1.29, 1.82) is 0 Å². The van der Waals surface area contributed by atoms with Crippen molar-refractivity contribution in [2.75, 3.05) is 5.73 Å². The molecule has 0 unspecified atom stereocenters. The van der Waals surface area contributed by atoms with Crippen LogP contribution in [0, 0.1) is 0 Å². The van der Waals surface area contributed by atoms with Crippen LogP contribution in [-0.4, -0.2) is 25.7 Å². The number of para-hydroxylation sites is 1. The van der Waals surface area contributed by atoms with Gasteiger partial charge in [-0.15, -0.1) is 0 Å². The lowest BCUT2D eigenvalue weighted by atomic mass is 10.1. The highest BCUT2D eigenvalue weighted by Gasteiger charge is 2.17. The zero-order chi connectivity index (χ0) is 19.7. The molecular formula is C20H19N5O3. The van der Waals surface area contributed by atoms with Crippen LogP contribution in [0.2, 0.25) is 0 Å². The Hall–Kier alpha value is -3.65. The summed E-state index contributed by atoms with van der Waals surface area (Å²) in [5, 5.41) is 10.7. The second-order valence-electron chi connectivity index (χ2n) is 6.41. The minimum absolute atomic E-state index is 0.123. The fourth-order valence-corrected chi connectivity index (χ4v) is 3.27. The zero-order valence-electron chi connectivity index (χ0n) is 15.0. The number of primary amides is 1. The molecule has 5 N–H and O–H groups in total. The Morgan fingerprint density at radius 2 is 1.79 bits per heavy atom. The molecule has 0 aliphatic rings. The summed E-state index contributed by atoms with van der Waals surface area (Å²) in [5.41, 5.74) is 15.1. The quantitative estimate of drug-likeness (QED) is 0.489. The highest BCUT2D eigenvalue weighted by molar-refractivity contribution is 6.06. The van der Waals surface area contributed by atoms with Gasteiger partial charge in [0.25, 0.3) is 0 Å². The van der Waals surface area contributed by atoms with Crippen LogP contribution in [0.3, 0.4) is 0 Å². The fraction of sp³-hybridized carbons (Fsp3) is 0.150. The number of carbonyl (C=O) groups excluding carboxylic acids is 1. The maximum absolute atomic E-state index is 10.7. The number of fused-ring (bicyclic) bond motifs is 3. The minimum atomic E-state index is -0.806. The summed E-state index contributed by atoms with van der Waals surface area (Å²) in [6.45, 7) is 0.405. The molecule has 0 fully saturated rings. The third-order valence-corrected chi connectivity index (χ3v) is 4.58. The van der Waals surface area contributed by atoms with Crippen molar-refractivity contribution in [3.63, 3.8) is 0 Å². The van der Waals surface area contributed by atoms with Crippen LogP contribution >= 0.6 is 0 Å². The number of nitrogens with zero attached hydrogens (tertiary/aromatic N) is 3. The van der Waals surface area contributed by atoms with Crippen LogP contribution in [0.15, 0.2) is 48.5 Å². The van der Waals surface area contributed by atoms with Crippen molar-refractivity contribution in [2.24, 2.45) is 5.73 Å². The van der Waals surface area contributed by atoms with Crippen molar-refractivity contribution in [3.05, 3.63) is 65.5 Å². The molecule has 0 bridgehead atoms. The first-order chi connectivity index (χ1) is 13.6. The lowest BCUT2D eigenvalue weighted by molar-refractivity contribution is 0.150. The average molecular weight is 377 g/mol. The molecule has 0 atom stereocenters. The molecule has 2 aromatic heterocycles. The molecule has 0 spiro atoms. The van der Waals surface area contributed by atoms with E-state index in [4.69, 9.17) is 16.2 Å². The van der Waals surface area contributed by atoms with Gasteiger partial charge in [0.05, 0.1) is 11.0 Å². The van der Waals surface area contributed by atoms with Crippen molar-refractivity contribution in [1.82, 2.24) is 14.5 Å². The third kappa shape index (κ3) is 3.21. The van der Waals surface area contributed by atoms with Gasteiger partial charge in [-0.3, -0.25) is 0 Å². The Bertz CT molecular complexity index is 1170. The van der Waals surface area contributed by atoms with Gasteiger partial charge in [0, 0.05) is 11.9 Å². The van der Waals surface area contributed by atoms with Gasteiger partial charge in [-0.2, -0.15) is 0 Å². The van der Waals surface area contributed by atoms with E-state index in [1.54, 1.807) is 0 Å². The van der Waals surface area contributed by atoms with Gasteiger partial charge >= 0.3 is 6.09 Å². The summed E-state index contributed by atoms with van der Waals surface area (Å²) in [6, 6.07) is 15.3. The average Bonchev–Trinajstić information content (AvgIpc) is 3.07. The van der Waals surface area contributed by atoms with E-state index in [-0.39, 0.29) is 13.2 Å². The number of pyridine rings is 1. The van der Waals surface area contributed by atoms with E-state index < -0.39 is 6.09 Å². The van der Waals surface area contributed by atoms with Crippen molar-refractivity contribution in [3.8, 4) is 0 Å². The zero-order valence-corrected chi connectivity index (χ0v) is 15.0. The second-order valence-corrected chi connectivity index (χ2v) is 6.41. The van der Waals surface area contributed by atoms with E-state index in [0.29, 0.717) is 23.7 Å². The number of anilines is 1. The Labute approximate surface area is 160 Å². The van der Waals surface area contributed by atoms with Gasteiger partial charge in [-0.05, 0) is 17.2 Å². The van der Waals surface area contributed by atoms with E-state index in [9.17, 15) is 9.90 Å². The molecule has 4 rings (SSSR count). The second kappa shape index (κ2) is 7.16. The number of ether oxygens (including phenoxy) is 1. The first kappa shape index (κ1) is 17.7. The monoisotopic (exact) mass is 377 g/mol. The third-order valence-electron chi connectivity index (χ3n) is 4.58. The number of aliphatic hydroxyl groups excluding tert-OH is 1. The first-order valence-corrected chi connectivity index (χ1v) is 8.71. The van der Waals surface area contributed by atoms with Crippen LogP contribution in [0.5, 0.6) is 0 Å². The molecule has 4 aromatic rings. The summed E-state index contributed by atoms with van der Waals surface area (Å²) in [6.07, 6.45) is -0.806. The molecule has 0 saturated carbocycles. The largest absolute Gasteiger partial charge is 0.445 e. The Balaban J connectivity index is 1.77. The number of rotatable bonds is 5. The molecule has 0 saturated heterocycles. The van der Waals surface area contributed by atoms with Gasteiger partial charge in [0.15, 0.2) is 5.82 Å². The number of benzene rings is 2. The summed E-state index contributed by atoms with van der Waals surface area (Å²) in [5.74, 6) is 0.849. The summed E-state index contributed by atoms with van der Waals surface area (Å²) in [4.78, 5) is 19.6. The maximum Gasteiger partial charge on any atom is 0.404 e. The SMILES string of the molecule is NC(=O)OCc1ccc(Cn2c(CO)nc3c(N)nc4ccccc4c32)cc1. The van der Waals surface area contributed by atoms with Crippen LogP contribution < -0.4 is 11.5 Å². The van der Waals surface area contributed by atoms with Gasteiger partial charge in [-0.1, -0.05) is 42.5 Å². The molecular weight excluding hydrogens is 358 g/mol. The van der Waals surface area contributed by atoms with Gasteiger partial charge in [0.1, 0.15) is 24.6 Å². The predicted molar refractivity (Wildman–Crippen MR) is 105 cm³/mol. The first-order valence-electron chi connectivity index (χ1n) is 8.71. The normalized spacial score (nSPS) is 11.2. The van der Waals surface area contributed by atoms with Crippen molar-refractivity contribution in [2.45, 2.75) is 19.8 Å². The van der Waals surface area contributed by atoms with E-state index in [0.717, 1.165) is 27.5 Å². The number of hydrogen-bond acceptors (Lipinski definition) is 6. The maximum atomic E-state index is 10.7. The topological polar surface area (TPSA) is 129 Å². The summed E-state index contributed by atoms with van der Waals surface area (Å²) < 4.78 is 6.75. The van der Waals surface area contributed by atoms with Crippen molar-refractivity contribution >= 4 is 33.8 Å². The van der Waals surface area contributed by atoms with E-state index >= 15 is 0 Å². The summed E-state index contributed by atoms with van der Waals surface area (Å²) >= 11 is 0. The van der Waals surface area contributed by atoms with E-state index in [1.807, 2.05) is 53.1 Å². The number of carbonyl (C=O) groups is 1. The fourth-order valence-electron chi connectivity index (χ4n) is 3.27. The molecule has 0 radical (unpaired) electrons. The predicted octanol–water partition coefficient (Wildman–Crippen LogP) is 2.30. The van der Waals surface area contributed by atoms with Crippen LogP contribution in [-0.2, 0) is 24.5 Å². The van der Waals surface area contributed by atoms with Crippen molar-refractivity contribution < 1.29 is 14.6 Å². The highest BCUT2D eigenvalue weighted by atomic mass is 16.5. The highest BCUT2D eigenvalue weighted by Crippen LogP contribution is 2.29. The molecule has 2 heterocycles. The molecule has 0 aliphatic carbocycles. The molecule has 2 aromatic carbocycles. The number of aromatic nitrogens is 3. The molecule has 8 nitrogen and oxygen atoms in total. The Kier molecular flexibility index (Phi) is 4.54. The Morgan fingerprint density at radius 1 is 1.07 bits per heavy atom. The number of amides is 1. The van der Waals surface area contributed by atoms with Crippen LogP contribution in [0.1, 0.15) is 17.0 Å². The van der Waals surface area contributed by atoms with Gasteiger partial charge in [0.2, 0.25) is 0 Å².